The molecule has 34 heavy (non-hydrogen) atoms. The van der Waals surface area contributed by atoms with E-state index in [-0.39, 0.29) is 23.6 Å². The summed E-state index contributed by atoms with van der Waals surface area (Å²) in [7, 11) is -3.42. The highest BCUT2D eigenvalue weighted by Gasteiger charge is 2.32. The first-order chi connectivity index (χ1) is 16.3. The van der Waals surface area contributed by atoms with Gasteiger partial charge in [0.1, 0.15) is 0 Å². The molecule has 178 valence electrons. The van der Waals surface area contributed by atoms with Crippen LogP contribution in [0.25, 0.3) is 0 Å². The van der Waals surface area contributed by atoms with Gasteiger partial charge in [0, 0.05) is 19.0 Å². The number of carbonyl (C=O) groups is 1. The summed E-state index contributed by atoms with van der Waals surface area (Å²) in [6.07, 6.45) is 1.04. The first-order valence-electron chi connectivity index (χ1n) is 11.8. The fourth-order valence-corrected chi connectivity index (χ4v) is 6.28. The molecule has 0 saturated carbocycles. The molecular formula is C28H32N2O3S. The van der Waals surface area contributed by atoms with Gasteiger partial charge < -0.3 is 5.32 Å². The molecule has 1 saturated heterocycles. The molecule has 1 aliphatic heterocycles. The zero-order valence-corrected chi connectivity index (χ0v) is 20.6. The Morgan fingerprint density at radius 3 is 2.12 bits per heavy atom. The topological polar surface area (TPSA) is 66.5 Å². The van der Waals surface area contributed by atoms with E-state index in [1.165, 1.54) is 0 Å². The Kier molecular flexibility index (Phi) is 7.49. The van der Waals surface area contributed by atoms with Crippen LogP contribution in [0.4, 0.5) is 0 Å². The van der Waals surface area contributed by atoms with Gasteiger partial charge in [-0.2, -0.15) is 0 Å². The van der Waals surface area contributed by atoms with Crippen LogP contribution >= 0.6 is 0 Å². The molecular weight excluding hydrogens is 444 g/mol. The van der Waals surface area contributed by atoms with Crippen molar-refractivity contribution in [1.82, 2.24) is 9.62 Å². The lowest BCUT2D eigenvalue weighted by Gasteiger charge is -2.32. The Balaban J connectivity index is 1.43. The number of amides is 1. The monoisotopic (exact) mass is 476 g/mol. The van der Waals surface area contributed by atoms with E-state index in [1.54, 1.807) is 4.31 Å². The van der Waals surface area contributed by atoms with Crippen molar-refractivity contribution >= 4 is 15.9 Å². The number of aryl methyl sites for hydroxylation is 2. The van der Waals surface area contributed by atoms with Crippen molar-refractivity contribution in [3.05, 3.63) is 107 Å². The lowest BCUT2D eigenvalue weighted by molar-refractivity contribution is -0.126. The normalized spacial score (nSPS) is 16.2. The minimum atomic E-state index is -3.42. The maximum absolute atomic E-state index is 13.3. The highest BCUT2D eigenvalue weighted by molar-refractivity contribution is 7.88. The molecule has 1 N–H and O–H groups in total. The lowest BCUT2D eigenvalue weighted by atomic mass is 9.92. The first kappa shape index (κ1) is 24.2. The molecule has 0 spiro atoms. The van der Waals surface area contributed by atoms with Crippen molar-refractivity contribution in [3.63, 3.8) is 0 Å². The van der Waals surface area contributed by atoms with E-state index in [1.807, 2.05) is 79.7 Å². The van der Waals surface area contributed by atoms with Crippen LogP contribution in [0.1, 0.15) is 46.7 Å². The number of carbonyl (C=O) groups excluding carboxylic acids is 1. The molecule has 0 aromatic heterocycles. The summed E-state index contributed by atoms with van der Waals surface area (Å²) in [6.45, 7) is 4.72. The van der Waals surface area contributed by atoms with E-state index in [2.05, 4.69) is 18.3 Å². The Labute approximate surface area is 202 Å². The molecule has 6 heteroatoms. The molecule has 1 amide bonds. The minimum Gasteiger partial charge on any atom is -0.345 e. The summed E-state index contributed by atoms with van der Waals surface area (Å²) < 4.78 is 27.5. The average molecular weight is 477 g/mol. The first-order valence-corrected chi connectivity index (χ1v) is 13.4. The molecule has 5 nitrogen and oxygen atoms in total. The fraction of sp³-hybridized carbons (Fsp3) is 0.321. The van der Waals surface area contributed by atoms with E-state index < -0.39 is 10.0 Å². The summed E-state index contributed by atoms with van der Waals surface area (Å²) in [4.78, 5) is 13.3. The Bertz CT molecular complexity index is 1230. The van der Waals surface area contributed by atoms with Gasteiger partial charge in [-0.25, -0.2) is 12.7 Å². The molecule has 0 unspecified atom stereocenters. The molecule has 0 bridgehead atoms. The van der Waals surface area contributed by atoms with Crippen LogP contribution in [0, 0.1) is 19.8 Å². The molecule has 0 radical (unpaired) electrons. The summed E-state index contributed by atoms with van der Waals surface area (Å²) in [5.41, 5.74) is 5.02. The second-order valence-corrected chi connectivity index (χ2v) is 11.0. The number of benzene rings is 3. The predicted molar refractivity (Wildman–Crippen MR) is 136 cm³/mol. The quantitative estimate of drug-likeness (QED) is 0.535. The van der Waals surface area contributed by atoms with Gasteiger partial charge in [-0.15, -0.1) is 0 Å². The van der Waals surface area contributed by atoms with E-state index in [0.717, 1.165) is 27.8 Å². The van der Waals surface area contributed by atoms with Gasteiger partial charge in [0.25, 0.3) is 0 Å². The van der Waals surface area contributed by atoms with Gasteiger partial charge in [-0.1, -0.05) is 78.9 Å². The highest BCUT2D eigenvalue weighted by Crippen LogP contribution is 2.28. The van der Waals surface area contributed by atoms with Gasteiger partial charge >= 0.3 is 0 Å². The molecule has 4 rings (SSSR count). The van der Waals surface area contributed by atoms with Crippen LogP contribution in [0.5, 0.6) is 0 Å². The summed E-state index contributed by atoms with van der Waals surface area (Å²) >= 11 is 0. The second-order valence-electron chi connectivity index (χ2n) is 9.06. The third kappa shape index (κ3) is 5.57. The molecule has 3 aromatic carbocycles. The predicted octanol–water partition coefficient (Wildman–Crippen LogP) is 4.75. The van der Waals surface area contributed by atoms with Gasteiger partial charge in [0.15, 0.2) is 0 Å². The molecule has 3 aromatic rings. The number of rotatable bonds is 7. The Morgan fingerprint density at radius 1 is 0.882 bits per heavy atom. The van der Waals surface area contributed by atoms with Crippen LogP contribution in [0.3, 0.4) is 0 Å². The average Bonchev–Trinajstić information content (AvgIpc) is 2.85. The number of nitrogens with zero attached hydrogens (tertiary/aromatic N) is 1. The zero-order chi connectivity index (χ0) is 24.1. The molecule has 1 aliphatic rings. The number of nitrogens with one attached hydrogen (secondary N) is 1. The van der Waals surface area contributed by atoms with Crippen molar-refractivity contribution < 1.29 is 13.2 Å². The number of hydrogen-bond acceptors (Lipinski definition) is 3. The SMILES string of the molecule is Cc1ccccc1CS(=O)(=O)N1CCC(C(=O)N[C@H](c2ccccc2)c2ccccc2C)CC1. The van der Waals surface area contributed by atoms with Crippen LogP contribution in [-0.4, -0.2) is 31.7 Å². The smallest absolute Gasteiger partial charge is 0.223 e. The Morgan fingerprint density at radius 2 is 1.47 bits per heavy atom. The largest absolute Gasteiger partial charge is 0.345 e. The summed E-state index contributed by atoms with van der Waals surface area (Å²) in [5, 5.41) is 3.25. The number of hydrogen-bond donors (Lipinski definition) is 1. The zero-order valence-electron chi connectivity index (χ0n) is 19.8. The maximum atomic E-state index is 13.3. The van der Waals surface area contributed by atoms with Crippen molar-refractivity contribution in [2.24, 2.45) is 5.92 Å². The van der Waals surface area contributed by atoms with Gasteiger partial charge in [0.05, 0.1) is 11.8 Å². The van der Waals surface area contributed by atoms with Crippen LogP contribution in [0.15, 0.2) is 78.9 Å². The third-order valence-electron chi connectivity index (χ3n) is 6.74. The van der Waals surface area contributed by atoms with E-state index in [0.29, 0.717) is 25.9 Å². The highest BCUT2D eigenvalue weighted by atomic mass is 32.2. The van der Waals surface area contributed by atoms with Gasteiger partial charge in [-0.05, 0) is 54.5 Å². The Hall–Kier alpha value is -2.96. The summed E-state index contributed by atoms with van der Waals surface area (Å²) in [5.74, 6) is -0.229. The third-order valence-corrected chi connectivity index (χ3v) is 8.56. The molecule has 1 fully saturated rings. The maximum Gasteiger partial charge on any atom is 0.223 e. The van der Waals surface area contributed by atoms with Gasteiger partial charge in [-0.3, -0.25) is 4.79 Å². The molecule has 1 atom stereocenters. The van der Waals surface area contributed by atoms with E-state index in [9.17, 15) is 13.2 Å². The second kappa shape index (κ2) is 10.5. The minimum absolute atomic E-state index is 0.0000975. The van der Waals surface area contributed by atoms with Crippen molar-refractivity contribution in [2.45, 2.75) is 38.5 Å². The van der Waals surface area contributed by atoms with E-state index in [4.69, 9.17) is 0 Å². The van der Waals surface area contributed by atoms with E-state index >= 15 is 0 Å². The van der Waals surface area contributed by atoms with Crippen LogP contribution < -0.4 is 5.32 Å². The molecule has 1 heterocycles. The van der Waals surface area contributed by atoms with Crippen molar-refractivity contribution in [2.75, 3.05) is 13.1 Å². The number of sulfonamides is 1. The standard InChI is InChI=1S/C28H32N2O3S/c1-21-10-6-8-14-25(21)20-34(32,33)30-18-16-24(17-19-30)28(31)29-27(23-12-4-3-5-13-23)26-15-9-7-11-22(26)2/h3-15,24,27H,16-20H2,1-2H3,(H,29,31)/t27-/m1/s1. The van der Waals surface area contributed by atoms with Crippen LogP contribution in [-0.2, 0) is 20.6 Å². The fourth-order valence-electron chi connectivity index (χ4n) is 4.61. The van der Waals surface area contributed by atoms with Crippen molar-refractivity contribution in [1.29, 1.82) is 0 Å². The summed E-state index contributed by atoms with van der Waals surface area (Å²) in [6, 6.07) is 25.4. The lowest BCUT2D eigenvalue weighted by Crippen LogP contribution is -2.44. The van der Waals surface area contributed by atoms with Gasteiger partial charge in [0.2, 0.25) is 15.9 Å². The number of piperidine rings is 1. The van der Waals surface area contributed by atoms with Crippen molar-refractivity contribution in [3.8, 4) is 0 Å². The van der Waals surface area contributed by atoms with Crippen LogP contribution in [0.2, 0.25) is 0 Å². The molecule has 0 aliphatic carbocycles.